The number of carbonyl (C=O) groups is 2. The molecule has 1 aromatic carbocycles. The number of fused-ring (bicyclic) bond motifs is 1. The molecule has 0 saturated carbocycles. The summed E-state index contributed by atoms with van der Waals surface area (Å²) in [6.07, 6.45) is 1.62. The Bertz CT molecular complexity index is 1110. The number of rotatable bonds is 3. The molecule has 0 atom stereocenters. The van der Waals surface area contributed by atoms with Crippen LogP contribution in [-0.4, -0.2) is 52.3 Å². The minimum atomic E-state index is -0.268. The van der Waals surface area contributed by atoms with Crippen molar-refractivity contribution in [1.29, 1.82) is 0 Å². The Labute approximate surface area is 187 Å². The minimum Gasteiger partial charge on any atom is -0.451 e. The predicted octanol–water partition coefficient (Wildman–Crippen LogP) is 3.25. The molecule has 4 heterocycles. The van der Waals surface area contributed by atoms with E-state index < -0.39 is 0 Å². The third kappa shape index (κ3) is 4.31. The number of benzene rings is 1. The van der Waals surface area contributed by atoms with Crippen LogP contribution >= 0.6 is 23.1 Å². The van der Waals surface area contributed by atoms with E-state index in [0.29, 0.717) is 24.5 Å². The Balaban J connectivity index is 1.17. The summed E-state index contributed by atoms with van der Waals surface area (Å²) in [5.41, 5.74) is 6.61. The number of likely N-dealkylation sites (tertiary alicyclic amines) is 1. The third-order valence-corrected chi connectivity index (χ3v) is 7.29. The summed E-state index contributed by atoms with van der Waals surface area (Å²) in [5, 5.41) is 4.38. The van der Waals surface area contributed by atoms with Gasteiger partial charge in [-0.05, 0) is 25.0 Å². The van der Waals surface area contributed by atoms with Gasteiger partial charge < -0.3 is 9.32 Å². The highest BCUT2D eigenvalue weighted by Gasteiger charge is 2.28. The van der Waals surface area contributed by atoms with Crippen LogP contribution < -0.4 is 10.9 Å². The molecule has 2 N–H and O–H groups in total. The zero-order valence-corrected chi connectivity index (χ0v) is 18.3. The number of thioether (sulfide) groups is 1. The Hall–Kier alpha value is -2.85. The van der Waals surface area contributed by atoms with Crippen molar-refractivity contribution in [3.63, 3.8) is 0 Å². The SMILES string of the molecule is O=C(NNC1=NCCS1)c1csc(C2CCN(C(=O)c3cc4ccccc4o3)CC2)n1. The number of carbonyl (C=O) groups excluding carboxylic acids is 2. The van der Waals surface area contributed by atoms with Crippen molar-refractivity contribution in [2.24, 2.45) is 4.99 Å². The molecule has 31 heavy (non-hydrogen) atoms. The lowest BCUT2D eigenvalue weighted by Gasteiger charge is -2.30. The number of amidine groups is 1. The molecule has 160 valence electrons. The molecule has 2 aliphatic rings. The fourth-order valence-corrected chi connectivity index (χ4v) is 5.39. The Morgan fingerprint density at radius 3 is 2.81 bits per heavy atom. The van der Waals surface area contributed by atoms with Crippen LogP contribution in [0.1, 0.15) is 44.8 Å². The van der Waals surface area contributed by atoms with Crippen LogP contribution in [0.2, 0.25) is 0 Å². The van der Waals surface area contributed by atoms with Crippen LogP contribution in [0.5, 0.6) is 0 Å². The second kappa shape index (κ2) is 8.72. The maximum Gasteiger partial charge on any atom is 0.289 e. The van der Waals surface area contributed by atoms with E-state index in [2.05, 4.69) is 20.8 Å². The molecule has 1 fully saturated rings. The van der Waals surface area contributed by atoms with Gasteiger partial charge >= 0.3 is 0 Å². The molecule has 8 nitrogen and oxygen atoms in total. The largest absolute Gasteiger partial charge is 0.451 e. The molecule has 0 aliphatic carbocycles. The number of aliphatic imine (C=N–C) groups is 1. The number of nitrogens with one attached hydrogen (secondary N) is 2. The molecule has 5 rings (SSSR count). The first kappa shape index (κ1) is 20.1. The number of piperidine rings is 1. The molecule has 0 bridgehead atoms. The number of thiazole rings is 1. The van der Waals surface area contributed by atoms with Gasteiger partial charge in [0.25, 0.3) is 11.8 Å². The van der Waals surface area contributed by atoms with E-state index >= 15 is 0 Å². The van der Waals surface area contributed by atoms with Crippen molar-refractivity contribution < 1.29 is 14.0 Å². The van der Waals surface area contributed by atoms with Gasteiger partial charge in [-0.1, -0.05) is 30.0 Å². The molecule has 2 amide bonds. The van der Waals surface area contributed by atoms with Gasteiger partial charge in [-0.2, -0.15) is 0 Å². The zero-order valence-electron chi connectivity index (χ0n) is 16.7. The van der Waals surface area contributed by atoms with Gasteiger partial charge in [0.05, 0.1) is 11.6 Å². The molecule has 2 aliphatic heterocycles. The topological polar surface area (TPSA) is 99.8 Å². The average molecular weight is 456 g/mol. The summed E-state index contributed by atoms with van der Waals surface area (Å²) >= 11 is 3.07. The van der Waals surface area contributed by atoms with E-state index in [1.165, 1.54) is 11.3 Å². The number of hydrogen-bond acceptors (Lipinski definition) is 8. The normalized spacial score (nSPS) is 17.0. The fraction of sp³-hybridized carbons (Fsp3) is 0.333. The highest BCUT2D eigenvalue weighted by Crippen LogP contribution is 2.31. The number of amides is 2. The van der Waals surface area contributed by atoms with Gasteiger partial charge in [0, 0.05) is 35.5 Å². The molecule has 0 radical (unpaired) electrons. The molecule has 0 spiro atoms. The molecule has 1 saturated heterocycles. The van der Waals surface area contributed by atoms with Gasteiger partial charge in [-0.3, -0.25) is 25.4 Å². The zero-order chi connectivity index (χ0) is 21.2. The summed E-state index contributed by atoms with van der Waals surface area (Å²) in [4.78, 5) is 35.7. The first-order chi connectivity index (χ1) is 15.2. The second-order valence-corrected chi connectivity index (χ2v) is 9.37. The Kier molecular flexibility index (Phi) is 5.65. The lowest BCUT2D eigenvalue weighted by Crippen LogP contribution is -2.40. The van der Waals surface area contributed by atoms with Crippen molar-refractivity contribution >= 4 is 51.0 Å². The summed E-state index contributed by atoms with van der Waals surface area (Å²) in [6.45, 7) is 2.04. The molecule has 0 unspecified atom stereocenters. The lowest BCUT2D eigenvalue weighted by molar-refractivity contribution is 0.0683. The fourth-order valence-electron chi connectivity index (χ4n) is 3.74. The standard InChI is InChI=1S/C21H21N5O3S2/c27-18(24-25-21-22-7-10-30-21)15-12-31-19(23-15)13-5-8-26(9-6-13)20(28)17-11-14-3-1-2-4-16(14)29-17/h1-4,11-13H,5-10H2,(H,22,25)(H,24,27). The van der Waals surface area contributed by atoms with Gasteiger partial charge in [0.1, 0.15) is 11.3 Å². The summed E-state index contributed by atoms with van der Waals surface area (Å²) < 4.78 is 5.72. The summed E-state index contributed by atoms with van der Waals surface area (Å²) in [7, 11) is 0. The van der Waals surface area contributed by atoms with Crippen LogP contribution in [0.4, 0.5) is 0 Å². The van der Waals surface area contributed by atoms with Gasteiger partial charge in [-0.15, -0.1) is 11.3 Å². The van der Waals surface area contributed by atoms with Crippen LogP contribution in [0.25, 0.3) is 11.0 Å². The first-order valence-corrected chi connectivity index (χ1v) is 12.0. The predicted molar refractivity (Wildman–Crippen MR) is 122 cm³/mol. The van der Waals surface area contributed by atoms with E-state index in [1.54, 1.807) is 23.2 Å². The van der Waals surface area contributed by atoms with Gasteiger partial charge in [0.15, 0.2) is 10.9 Å². The van der Waals surface area contributed by atoms with Gasteiger partial charge in [-0.25, -0.2) is 4.98 Å². The van der Waals surface area contributed by atoms with E-state index in [4.69, 9.17) is 4.42 Å². The number of hydrogen-bond donors (Lipinski definition) is 2. The third-order valence-electron chi connectivity index (χ3n) is 5.39. The Morgan fingerprint density at radius 1 is 1.19 bits per heavy atom. The van der Waals surface area contributed by atoms with Crippen molar-refractivity contribution in [2.45, 2.75) is 18.8 Å². The molecule has 10 heteroatoms. The quantitative estimate of drug-likeness (QED) is 0.588. The molecular formula is C21H21N5O3S2. The highest BCUT2D eigenvalue weighted by atomic mass is 32.2. The smallest absolute Gasteiger partial charge is 0.289 e. The number of furan rings is 1. The van der Waals surface area contributed by atoms with Crippen molar-refractivity contribution in [3.05, 3.63) is 52.2 Å². The van der Waals surface area contributed by atoms with Crippen LogP contribution in [-0.2, 0) is 0 Å². The minimum absolute atomic E-state index is 0.0763. The molecule has 3 aromatic rings. The van der Waals surface area contributed by atoms with E-state index in [9.17, 15) is 9.59 Å². The molecule has 2 aromatic heterocycles. The number of aromatic nitrogens is 1. The maximum absolute atomic E-state index is 12.8. The number of para-hydroxylation sites is 1. The van der Waals surface area contributed by atoms with Crippen LogP contribution in [0.3, 0.4) is 0 Å². The second-order valence-electron chi connectivity index (χ2n) is 7.40. The summed E-state index contributed by atoms with van der Waals surface area (Å²) in [6, 6.07) is 9.43. The maximum atomic E-state index is 12.8. The average Bonchev–Trinajstić information content (AvgIpc) is 3.57. The lowest BCUT2D eigenvalue weighted by atomic mass is 9.97. The van der Waals surface area contributed by atoms with Crippen molar-refractivity contribution in [1.82, 2.24) is 20.7 Å². The Morgan fingerprint density at radius 2 is 2.03 bits per heavy atom. The van der Waals surface area contributed by atoms with E-state index in [-0.39, 0.29) is 17.7 Å². The van der Waals surface area contributed by atoms with Crippen molar-refractivity contribution in [3.8, 4) is 0 Å². The van der Waals surface area contributed by atoms with Crippen LogP contribution in [0, 0.1) is 0 Å². The monoisotopic (exact) mass is 455 g/mol. The van der Waals surface area contributed by atoms with E-state index in [1.807, 2.05) is 29.2 Å². The van der Waals surface area contributed by atoms with Crippen molar-refractivity contribution in [2.75, 3.05) is 25.4 Å². The highest BCUT2D eigenvalue weighted by molar-refractivity contribution is 8.14. The van der Waals surface area contributed by atoms with Crippen LogP contribution in [0.15, 0.2) is 45.1 Å². The number of hydrazine groups is 1. The number of nitrogens with zero attached hydrogens (tertiary/aromatic N) is 3. The summed E-state index contributed by atoms with van der Waals surface area (Å²) in [5.74, 6) is 1.21. The van der Waals surface area contributed by atoms with E-state index in [0.717, 1.165) is 46.3 Å². The molecular weight excluding hydrogens is 434 g/mol. The van der Waals surface area contributed by atoms with Gasteiger partial charge in [0.2, 0.25) is 0 Å². The first-order valence-electron chi connectivity index (χ1n) is 10.1.